The van der Waals surface area contributed by atoms with E-state index in [1.54, 1.807) is 0 Å². The van der Waals surface area contributed by atoms with Gasteiger partial charge in [0.15, 0.2) is 0 Å². The van der Waals surface area contributed by atoms with Crippen LogP contribution in [0.5, 0.6) is 0 Å². The lowest BCUT2D eigenvalue weighted by Crippen LogP contribution is -2.52. The third kappa shape index (κ3) is 2.73. The molecule has 0 aromatic heterocycles. The first-order chi connectivity index (χ1) is 9.38. The van der Waals surface area contributed by atoms with Gasteiger partial charge in [-0.2, -0.15) is 0 Å². The number of hydrogen-bond donors (Lipinski definition) is 3. The highest BCUT2D eigenvalue weighted by Crippen LogP contribution is 2.17. The standard InChI is InChI=1S/C12H11F2N3O3/c13-6-3-5(4-7(14)10(6)15)11(19)16-8-1-2-9(18)17-12(8)20/h3-4,8H,1-2,15H2,(H,16,19)(H,17,18,20). The molecule has 8 heteroatoms. The zero-order chi connectivity index (χ0) is 14.9. The Morgan fingerprint density at radius 3 is 2.45 bits per heavy atom. The summed E-state index contributed by atoms with van der Waals surface area (Å²) in [5.74, 6) is -4.01. The number of hydrogen-bond acceptors (Lipinski definition) is 4. The minimum atomic E-state index is -1.06. The molecule has 2 rings (SSSR count). The zero-order valence-electron chi connectivity index (χ0n) is 10.2. The molecule has 0 bridgehead atoms. The van der Waals surface area contributed by atoms with Gasteiger partial charge in [-0.3, -0.25) is 19.7 Å². The first kappa shape index (κ1) is 13.9. The molecular formula is C12H11F2N3O3. The van der Waals surface area contributed by atoms with Crippen molar-refractivity contribution in [3.8, 4) is 0 Å². The first-order valence-electron chi connectivity index (χ1n) is 5.77. The normalized spacial score (nSPS) is 18.6. The number of halogens is 2. The van der Waals surface area contributed by atoms with Crippen LogP contribution in [0.25, 0.3) is 0 Å². The van der Waals surface area contributed by atoms with Gasteiger partial charge in [-0.05, 0) is 18.6 Å². The molecule has 0 saturated carbocycles. The Labute approximate surface area is 112 Å². The fourth-order valence-electron chi connectivity index (χ4n) is 1.79. The van der Waals surface area contributed by atoms with Gasteiger partial charge in [0.2, 0.25) is 11.8 Å². The SMILES string of the molecule is Nc1c(F)cc(C(=O)NC2CCC(=O)NC2=O)cc1F. The second-order valence-electron chi connectivity index (χ2n) is 4.33. The summed E-state index contributed by atoms with van der Waals surface area (Å²) >= 11 is 0. The molecule has 1 fully saturated rings. The van der Waals surface area contributed by atoms with Gasteiger partial charge in [0.25, 0.3) is 5.91 Å². The highest BCUT2D eigenvalue weighted by molar-refractivity contribution is 6.03. The summed E-state index contributed by atoms with van der Waals surface area (Å²) in [5.41, 5.74) is 4.12. The summed E-state index contributed by atoms with van der Waals surface area (Å²) in [6, 6.07) is 0.642. The van der Waals surface area contributed by atoms with Gasteiger partial charge in [0, 0.05) is 12.0 Å². The number of piperidine rings is 1. The molecule has 1 saturated heterocycles. The van der Waals surface area contributed by atoms with Crippen LogP contribution < -0.4 is 16.4 Å². The molecule has 1 aromatic carbocycles. The second-order valence-corrected chi connectivity index (χ2v) is 4.33. The minimum absolute atomic E-state index is 0.0845. The van der Waals surface area contributed by atoms with E-state index < -0.39 is 41.1 Å². The van der Waals surface area contributed by atoms with E-state index >= 15 is 0 Å². The molecule has 20 heavy (non-hydrogen) atoms. The molecule has 1 aromatic rings. The van der Waals surface area contributed by atoms with Gasteiger partial charge >= 0.3 is 0 Å². The minimum Gasteiger partial charge on any atom is -0.394 e. The number of amides is 3. The average Bonchev–Trinajstić information content (AvgIpc) is 2.38. The number of carbonyl (C=O) groups excluding carboxylic acids is 3. The molecule has 4 N–H and O–H groups in total. The summed E-state index contributed by atoms with van der Waals surface area (Å²) < 4.78 is 26.5. The maximum Gasteiger partial charge on any atom is 0.252 e. The molecule has 1 atom stereocenters. The van der Waals surface area contributed by atoms with Crippen LogP contribution in [0.2, 0.25) is 0 Å². The summed E-state index contributed by atoms with van der Waals surface area (Å²) in [6.07, 6.45) is 0.220. The van der Waals surface area contributed by atoms with Crippen molar-refractivity contribution in [2.24, 2.45) is 0 Å². The Bertz CT molecular complexity index is 581. The third-order valence-corrected chi connectivity index (χ3v) is 2.89. The quantitative estimate of drug-likeness (QED) is 0.528. The van der Waals surface area contributed by atoms with Crippen LogP contribution in [0.3, 0.4) is 0 Å². The fraction of sp³-hybridized carbons (Fsp3) is 0.250. The molecular weight excluding hydrogens is 272 g/mol. The maximum atomic E-state index is 13.2. The Morgan fingerprint density at radius 2 is 1.90 bits per heavy atom. The smallest absolute Gasteiger partial charge is 0.252 e. The number of nitrogen functional groups attached to an aromatic ring is 1. The summed E-state index contributed by atoms with van der Waals surface area (Å²) in [7, 11) is 0. The number of rotatable bonds is 2. The van der Waals surface area contributed by atoms with Gasteiger partial charge in [0.05, 0.1) is 0 Å². The fourth-order valence-corrected chi connectivity index (χ4v) is 1.79. The Balaban J connectivity index is 2.13. The molecule has 106 valence electrons. The van der Waals surface area contributed by atoms with Crippen molar-refractivity contribution < 1.29 is 23.2 Å². The van der Waals surface area contributed by atoms with Crippen molar-refractivity contribution >= 4 is 23.4 Å². The number of nitrogens with two attached hydrogens (primary N) is 1. The molecule has 3 amide bonds. The van der Waals surface area contributed by atoms with E-state index in [0.29, 0.717) is 0 Å². The van der Waals surface area contributed by atoms with E-state index in [1.807, 2.05) is 0 Å². The number of carbonyl (C=O) groups is 3. The van der Waals surface area contributed by atoms with Crippen molar-refractivity contribution in [2.75, 3.05) is 5.73 Å². The van der Waals surface area contributed by atoms with Crippen LogP contribution in [0.1, 0.15) is 23.2 Å². The topological polar surface area (TPSA) is 101 Å². The molecule has 0 radical (unpaired) electrons. The average molecular weight is 283 g/mol. The molecule has 1 aliphatic rings. The molecule has 1 heterocycles. The summed E-state index contributed by atoms with van der Waals surface area (Å²) in [6.45, 7) is 0. The molecule has 1 unspecified atom stereocenters. The van der Waals surface area contributed by atoms with E-state index in [1.165, 1.54) is 0 Å². The zero-order valence-corrected chi connectivity index (χ0v) is 10.2. The van der Waals surface area contributed by atoms with Gasteiger partial charge in [-0.25, -0.2) is 8.78 Å². The largest absolute Gasteiger partial charge is 0.394 e. The van der Waals surface area contributed by atoms with Crippen LogP contribution in [0, 0.1) is 11.6 Å². The van der Waals surface area contributed by atoms with E-state index in [9.17, 15) is 23.2 Å². The van der Waals surface area contributed by atoms with Crippen LogP contribution >= 0.6 is 0 Å². The lowest BCUT2D eigenvalue weighted by atomic mass is 10.1. The monoisotopic (exact) mass is 283 g/mol. The van der Waals surface area contributed by atoms with Crippen LogP contribution in [0.4, 0.5) is 14.5 Å². The van der Waals surface area contributed by atoms with Gasteiger partial charge in [-0.1, -0.05) is 0 Å². The van der Waals surface area contributed by atoms with E-state index in [4.69, 9.17) is 5.73 Å². The third-order valence-electron chi connectivity index (χ3n) is 2.89. The van der Waals surface area contributed by atoms with Crippen molar-refractivity contribution in [1.82, 2.24) is 10.6 Å². The molecule has 1 aliphatic heterocycles. The van der Waals surface area contributed by atoms with E-state index in [0.717, 1.165) is 12.1 Å². The molecule has 6 nitrogen and oxygen atoms in total. The Morgan fingerprint density at radius 1 is 1.30 bits per heavy atom. The summed E-state index contributed by atoms with van der Waals surface area (Å²) in [4.78, 5) is 34.2. The first-order valence-corrected chi connectivity index (χ1v) is 5.77. The second kappa shape index (κ2) is 5.24. The van der Waals surface area contributed by atoms with Gasteiger partial charge < -0.3 is 11.1 Å². The lowest BCUT2D eigenvalue weighted by molar-refractivity contribution is -0.134. The van der Waals surface area contributed by atoms with Gasteiger partial charge in [0.1, 0.15) is 23.4 Å². The van der Waals surface area contributed by atoms with Crippen LogP contribution in [0.15, 0.2) is 12.1 Å². The van der Waals surface area contributed by atoms with Crippen molar-refractivity contribution in [3.05, 3.63) is 29.3 Å². The predicted molar refractivity (Wildman–Crippen MR) is 64.4 cm³/mol. The molecule has 0 spiro atoms. The Kier molecular flexibility index (Phi) is 3.64. The van der Waals surface area contributed by atoms with Crippen LogP contribution in [-0.4, -0.2) is 23.8 Å². The van der Waals surface area contributed by atoms with Crippen molar-refractivity contribution in [3.63, 3.8) is 0 Å². The van der Waals surface area contributed by atoms with Crippen molar-refractivity contribution in [2.45, 2.75) is 18.9 Å². The number of anilines is 1. The number of nitrogens with one attached hydrogen (secondary N) is 2. The van der Waals surface area contributed by atoms with Gasteiger partial charge in [-0.15, -0.1) is 0 Å². The highest BCUT2D eigenvalue weighted by atomic mass is 19.1. The summed E-state index contributed by atoms with van der Waals surface area (Å²) in [5, 5.41) is 4.36. The van der Waals surface area contributed by atoms with Crippen molar-refractivity contribution in [1.29, 1.82) is 0 Å². The predicted octanol–water partition coefficient (Wildman–Crippen LogP) is 0.0820. The Hall–Kier alpha value is -2.51. The maximum absolute atomic E-state index is 13.2. The van der Waals surface area contributed by atoms with E-state index in [-0.39, 0.29) is 18.4 Å². The molecule has 0 aliphatic carbocycles. The number of benzene rings is 1. The van der Waals surface area contributed by atoms with E-state index in [2.05, 4.69) is 10.6 Å². The number of imide groups is 1. The highest BCUT2D eigenvalue weighted by Gasteiger charge is 2.28. The van der Waals surface area contributed by atoms with Crippen LogP contribution in [-0.2, 0) is 9.59 Å². The lowest BCUT2D eigenvalue weighted by Gasteiger charge is -2.21.